The van der Waals surface area contributed by atoms with Gasteiger partial charge in [-0.3, -0.25) is 4.79 Å². The number of amides is 1. The molecule has 0 aromatic heterocycles. The van der Waals surface area contributed by atoms with Gasteiger partial charge in [-0.25, -0.2) is 0 Å². The van der Waals surface area contributed by atoms with Crippen LogP contribution in [0.15, 0.2) is 42.5 Å². The van der Waals surface area contributed by atoms with E-state index in [0.717, 1.165) is 9.13 Å². The highest BCUT2D eigenvalue weighted by atomic mass is 127. The van der Waals surface area contributed by atoms with Crippen molar-refractivity contribution in [1.82, 2.24) is 4.90 Å². The summed E-state index contributed by atoms with van der Waals surface area (Å²) in [6.45, 7) is 0.480. The van der Waals surface area contributed by atoms with Crippen molar-refractivity contribution in [3.63, 3.8) is 0 Å². The Labute approximate surface area is 142 Å². The van der Waals surface area contributed by atoms with Gasteiger partial charge in [-0.15, -0.1) is 0 Å². The number of halogens is 2. The number of rotatable bonds is 3. The average molecular weight is 411 g/mol. The van der Waals surface area contributed by atoms with Crippen LogP contribution in [0.5, 0.6) is 0 Å². The summed E-state index contributed by atoms with van der Waals surface area (Å²) in [7, 11) is 1.74. The lowest BCUT2D eigenvalue weighted by atomic mass is 10.1. The van der Waals surface area contributed by atoms with E-state index in [-0.39, 0.29) is 5.91 Å². The number of carbonyl (C=O) groups is 1. The summed E-state index contributed by atoms with van der Waals surface area (Å²) < 4.78 is 0.917. The van der Waals surface area contributed by atoms with Crippen LogP contribution >= 0.6 is 34.2 Å². The van der Waals surface area contributed by atoms with Crippen LogP contribution in [0.2, 0.25) is 5.02 Å². The van der Waals surface area contributed by atoms with Gasteiger partial charge in [-0.1, -0.05) is 23.7 Å². The van der Waals surface area contributed by atoms with Gasteiger partial charge < -0.3 is 4.90 Å². The maximum Gasteiger partial charge on any atom is 0.253 e. The average Bonchev–Trinajstić information content (AvgIpc) is 2.50. The molecule has 2 rings (SSSR count). The minimum atomic E-state index is -0.0855. The third-order valence-corrected chi connectivity index (χ3v) is 4.59. The Kier molecular flexibility index (Phi) is 5.21. The first kappa shape index (κ1) is 15.8. The van der Waals surface area contributed by atoms with Gasteiger partial charge in [0.25, 0.3) is 5.91 Å². The Morgan fingerprint density at radius 3 is 2.52 bits per heavy atom. The molecular formula is C16H12ClIN2O. The number of hydrogen-bond donors (Lipinski definition) is 0. The van der Waals surface area contributed by atoms with Gasteiger partial charge >= 0.3 is 0 Å². The predicted octanol–water partition coefficient (Wildman–Crippen LogP) is 4.09. The molecule has 0 atom stereocenters. The van der Waals surface area contributed by atoms with Crippen molar-refractivity contribution < 1.29 is 4.79 Å². The van der Waals surface area contributed by atoms with E-state index >= 15 is 0 Å². The molecule has 0 saturated carbocycles. The fraction of sp³-hybridized carbons (Fsp3) is 0.125. The minimum absolute atomic E-state index is 0.0855. The molecule has 0 radical (unpaired) electrons. The largest absolute Gasteiger partial charge is 0.337 e. The lowest BCUT2D eigenvalue weighted by Crippen LogP contribution is -2.26. The maximum atomic E-state index is 12.3. The second-order valence-corrected chi connectivity index (χ2v) is 6.17. The highest BCUT2D eigenvalue weighted by molar-refractivity contribution is 14.1. The van der Waals surface area contributed by atoms with Crippen molar-refractivity contribution in [3.8, 4) is 6.07 Å². The van der Waals surface area contributed by atoms with Crippen molar-refractivity contribution in [1.29, 1.82) is 5.26 Å². The predicted molar refractivity (Wildman–Crippen MR) is 91.1 cm³/mol. The Morgan fingerprint density at radius 2 is 1.95 bits per heavy atom. The monoisotopic (exact) mass is 410 g/mol. The summed E-state index contributed by atoms with van der Waals surface area (Å²) in [6, 6.07) is 14.5. The van der Waals surface area contributed by atoms with Crippen molar-refractivity contribution in [3.05, 3.63) is 67.7 Å². The van der Waals surface area contributed by atoms with E-state index in [9.17, 15) is 4.79 Å². The highest BCUT2D eigenvalue weighted by Gasteiger charge is 2.13. The number of benzene rings is 2. The first-order chi connectivity index (χ1) is 10.0. The van der Waals surface area contributed by atoms with Crippen LogP contribution in [0, 0.1) is 14.9 Å². The molecule has 1 amide bonds. The van der Waals surface area contributed by atoms with Gasteiger partial charge in [0.15, 0.2) is 0 Å². The van der Waals surface area contributed by atoms with Crippen molar-refractivity contribution in [2.75, 3.05) is 7.05 Å². The minimum Gasteiger partial charge on any atom is -0.337 e. The Bertz CT molecular complexity index is 707. The smallest absolute Gasteiger partial charge is 0.253 e. The number of nitriles is 1. The molecule has 0 N–H and O–H groups in total. The quantitative estimate of drug-likeness (QED) is 0.716. The third kappa shape index (κ3) is 3.96. The summed E-state index contributed by atoms with van der Waals surface area (Å²) in [6.07, 6.45) is 0. The van der Waals surface area contributed by atoms with Crippen LogP contribution in [0.1, 0.15) is 21.5 Å². The molecule has 0 aliphatic rings. The third-order valence-electron chi connectivity index (χ3n) is 3.02. The van der Waals surface area contributed by atoms with Crippen molar-refractivity contribution >= 4 is 40.1 Å². The Morgan fingerprint density at radius 1 is 1.29 bits per heavy atom. The van der Waals surface area contributed by atoms with Crippen LogP contribution < -0.4 is 0 Å². The standard InChI is InChI=1S/C16H12ClIN2O/c1-20(10-12-4-2-11(9-19)3-5-12)16(21)13-6-7-15(18)14(17)8-13/h2-8H,10H2,1H3. The highest BCUT2D eigenvalue weighted by Crippen LogP contribution is 2.20. The van der Waals surface area contributed by atoms with Crippen LogP contribution in [-0.2, 0) is 6.54 Å². The molecule has 106 valence electrons. The lowest BCUT2D eigenvalue weighted by molar-refractivity contribution is 0.0785. The molecule has 3 nitrogen and oxygen atoms in total. The van der Waals surface area contributed by atoms with Gasteiger partial charge in [0, 0.05) is 22.7 Å². The van der Waals surface area contributed by atoms with Gasteiger partial charge in [0.2, 0.25) is 0 Å². The van der Waals surface area contributed by atoms with Crippen LogP contribution in [0.3, 0.4) is 0 Å². The van der Waals surface area contributed by atoms with Gasteiger partial charge in [0.1, 0.15) is 0 Å². The molecule has 0 heterocycles. The van der Waals surface area contributed by atoms with Crippen molar-refractivity contribution in [2.45, 2.75) is 6.54 Å². The van der Waals surface area contributed by atoms with Crippen molar-refractivity contribution in [2.24, 2.45) is 0 Å². The zero-order valence-corrected chi connectivity index (χ0v) is 14.2. The Balaban J connectivity index is 2.11. The first-order valence-corrected chi connectivity index (χ1v) is 7.66. The van der Waals surface area contributed by atoms with Gasteiger partial charge in [0.05, 0.1) is 16.7 Å². The second kappa shape index (κ2) is 6.92. The van der Waals surface area contributed by atoms with E-state index in [2.05, 4.69) is 28.7 Å². The number of carbonyl (C=O) groups excluding carboxylic acids is 1. The number of nitrogens with zero attached hydrogens (tertiary/aromatic N) is 2. The topological polar surface area (TPSA) is 44.1 Å². The second-order valence-electron chi connectivity index (χ2n) is 4.60. The number of hydrogen-bond acceptors (Lipinski definition) is 2. The van der Waals surface area contributed by atoms with E-state index in [0.29, 0.717) is 22.7 Å². The van der Waals surface area contributed by atoms with Gasteiger partial charge in [-0.05, 0) is 58.5 Å². The molecule has 2 aromatic carbocycles. The van der Waals surface area contributed by atoms with E-state index in [1.165, 1.54) is 0 Å². The van der Waals surface area contributed by atoms with E-state index in [1.807, 2.05) is 18.2 Å². The summed E-state index contributed by atoms with van der Waals surface area (Å²) in [4.78, 5) is 14.0. The fourth-order valence-electron chi connectivity index (χ4n) is 1.88. The molecule has 0 bridgehead atoms. The zero-order chi connectivity index (χ0) is 15.4. The van der Waals surface area contributed by atoms with E-state index in [4.69, 9.17) is 16.9 Å². The molecule has 0 aliphatic heterocycles. The van der Waals surface area contributed by atoms with Crippen LogP contribution in [-0.4, -0.2) is 17.9 Å². The summed E-state index contributed by atoms with van der Waals surface area (Å²) in [5, 5.41) is 9.35. The SMILES string of the molecule is CN(Cc1ccc(C#N)cc1)C(=O)c1ccc(I)c(Cl)c1. The van der Waals surface area contributed by atoms with Crippen LogP contribution in [0.4, 0.5) is 0 Å². The molecule has 0 unspecified atom stereocenters. The molecule has 0 aliphatic carbocycles. The maximum absolute atomic E-state index is 12.3. The zero-order valence-electron chi connectivity index (χ0n) is 11.3. The molecular weight excluding hydrogens is 399 g/mol. The van der Waals surface area contributed by atoms with Crippen LogP contribution in [0.25, 0.3) is 0 Å². The van der Waals surface area contributed by atoms with E-state index < -0.39 is 0 Å². The first-order valence-electron chi connectivity index (χ1n) is 6.21. The van der Waals surface area contributed by atoms with Gasteiger partial charge in [-0.2, -0.15) is 5.26 Å². The molecule has 0 saturated heterocycles. The molecule has 0 spiro atoms. The lowest BCUT2D eigenvalue weighted by Gasteiger charge is -2.17. The molecule has 5 heteroatoms. The summed E-state index contributed by atoms with van der Waals surface area (Å²) >= 11 is 8.17. The molecule has 21 heavy (non-hydrogen) atoms. The normalized spacial score (nSPS) is 10.0. The Hall–Kier alpha value is -1.58. The molecule has 0 fully saturated rings. The fourth-order valence-corrected chi connectivity index (χ4v) is 2.40. The molecule has 2 aromatic rings. The summed E-state index contributed by atoms with van der Waals surface area (Å²) in [5.41, 5.74) is 2.15. The summed E-state index contributed by atoms with van der Waals surface area (Å²) in [5.74, 6) is -0.0855. The van der Waals surface area contributed by atoms with E-state index in [1.54, 1.807) is 36.2 Å².